The van der Waals surface area contributed by atoms with Gasteiger partial charge in [-0.2, -0.15) is 10.2 Å². The molecule has 14 heteroatoms. The van der Waals surface area contributed by atoms with Crippen LogP contribution in [-0.2, 0) is 19.3 Å². The predicted octanol–water partition coefficient (Wildman–Crippen LogP) is 8.12. The molecule has 4 aliphatic rings. The second-order valence-corrected chi connectivity index (χ2v) is 18.1. The van der Waals surface area contributed by atoms with Crippen LogP contribution < -0.4 is 11.5 Å². The Hall–Kier alpha value is -7.08. The molecule has 2 aromatic heterocycles. The summed E-state index contributed by atoms with van der Waals surface area (Å²) in [5.74, 6) is 2.68. The standard InChI is InChI=1S/C26H25F2N3O2.C26H21F2N3O2/c2*1-25-14-17-15-30-31(21-6-4-19(27)5-7-21)23(17)12-18(25)9-11-26(25,33)10-8-16-2-3-20(28)13-22(16)24(29)32/h2-7,12-13,15,33H,8-11,14H2,1H3,(H2,29,32);2-7,12-13,15,33H,9,11,14H2,1H3,(H2,29,32)/t2*25-,26-/m00/s1. The van der Waals surface area contributed by atoms with E-state index in [9.17, 15) is 37.4 Å². The average molecular weight is 895 g/mol. The van der Waals surface area contributed by atoms with Crippen LogP contribution in [0.1, 0.15) is 100 Å². The van der Waals surface area contributed by atoms with E-state index < -0.39 is 45.5 Å². The highest BCUT2D eigenvalue weighted by Crippen LogP contribution is 2.57. The molecule has 4 aliphatic carbocycles. The van der Waals surface area contributed by atoms with Gasteiger partial charge in [0, 0.05) is 22.0 Å². The van der Waals surface area contributed by atoms with Crippen molar-refractivity contribution in [3.8, 4) is 23.2 Å². The van der Waals surface area contributed by atoms with Crippen LogP contribution >= 0.6 is 0 Å². The van der Waals surface area contributed by atoms with E-state index in [0.29, 0.717) is 50.5 Å². The maximum absolute atomic E-state index is 13.6. The number of amides is 2. The number of aliphatic hydroxyl groups is 2. The second-order valence-electron chi connectivity index (χ2n) is 18.1. The van der Waals surface area contributed by atoms with Crippen LogP contribution in [0.15, 0.2) is 108 Å². The second kappa shape index (κ2) is 16.4. The number of hydrogen-bond donors (Lipinski definition) is 4. The maximum Gasteiger partial charge on any atom is 0.250 e. The molecule has 0 bridgehead atoms. The number of nitrogens with two attached hydrogens (primary N) is 2. The van der Waals surface area contributed by atoms with Crippen molar-refractivity contribution in [3.63, 3.8) is 0 Å². The number of halogens is 4. The molecule has 6 aromatic rings. The lowest BCUT2D eigenvalue weighted by Crippen LogP contribution is -2.45. The lowest BCUT2D eigenvalue weighted by Gasteiger charge is -2.42. The van der Waals surface area contributed by atoms with E-state index in [1.807, 2.05) is 13.0 Å². The Balaban J connectivity index is 0.000000166. The number of primary amides is 2. The normalized spacial score (nSPS) is 23.5. The molecule has 0 saturated heterocycles. The number of hydrogen-bond acceptors (Lipinski definition) is 6. The van der Waals surface area contributed by atoms with E-state index in [0.717, 1.165) is 63.6 Å². The minimum Gasteiger partial charge on any atom is -0.389 e. The fraction of sp³-hybridized carbons (Fsp3) is 0.269. The van der Waals surface area contributed by atoms with Crippen molar-refractivity contribution in [1.29, 1.82) is 0 Å². The smallest absolute Gasteiger partial charge is 0.250 e. The summed E-state index contributed by atoms with van der Waals surface area (Å²) in [6.45, 7) is 4.04. The molecule has 66 heavy (non-hydrogen) atoms. The fourth-order valence-electron chi connectivity index (χ4n) is 10.3. The summed E-state index contributed by atoms with van der Waals surface area (Å²) in [4.78, 5) is 23.5. The first-order valence-corrected chi connectivity index (χ1v) is 21.6. The van der Waals surface area contributed by atoms with Crippen molar-refractivity contribution < 1.29 is 37.4 Å². The molecule has 10 rings (SSSR count). The molecule has 0 spiro atoms. The van der Waals surface area contributed by atoms with E-state index in [1.165, 1.54) is 42.5 Å². The Bertz CT molecular complexity index is 3070. The molecule has 10 nitrogen and oxygen atoms in total. The molecule has 0 radical (unpaired) electrons. The average Bonchev–Trinajstić information content (AvgIpc) is 4.02. The Morgan fingerprint density at radius 3 is 1.71 bits per heavy atom. The summed E-state index contributed by atoms with van der Waals surface area (Å²) in [5, 5.41) is 32.4. The van der Waals surface area contributed by atoms with Gasteiger partial charge in [-0.05, 0) is 159 Å². The van der Waals surface area contributed by atoms with Crippen molar-refractivity contribution in [2.75, 3.05) is 0 Å². The Kier molecular flexibility index (Phi) is 11.0. The zero-order chi connectivity index (χ0) is 46.8. The van der Waals surface area contributed by atoms with Gasteiger partial charge >= 0.3 is 0 Å². The minimum absolute atomic E-state index is 0.0171. The summed E-state index contributed by atoms with van der Waals surface area (Å²) in [7, 11) is 0. The zero-order valence-electron chi connectivity index (χ0n) is 36.2. The maximum atomic E-state index is 13.6. The number of carbonyl (C=O) groups is 2. The number of nitrogens with zero attached hydrogens (tertiary/aromatic N) is 4. The first kappa shape index (κ1) is 44.1. The van der Waals surface area contributed by atoms with Gasteiger partial charge in [-0.25, -0.2) is 26.9 Å². The molecular weight excluding hydrogens is 849 g/mol. The fourth-order valence-corrected chi connectivity index (χ4v) is 10.3. The van der Waals surface area contributed by atoms with Crippen molar-refractivity contribution in [2.45, 2.75) is 76.4 Å². The molecule has 336 valence electrons. The number of fused-ring (bicyclic) bond motifs is 4. The molecule has 4 atom stereocenters. The first-order chi connectivity index (χ1) is 31.4. The van der Waals surface area contributed by atoms with Crippen molar-refractivity contribution >= 4 is 24.0 Å². The predicted molar refractivity (Wildman–Crippen MR) is 240 cm³/mol. The molecule has 2 amide bonds. The Morgan fingerprint density at radius 1 is 0.667 bits per heavy atom. The number of benzene rings is 4. The number of aryl methyl sites for hydroxylation is 1. The van der Waals surface area contributed by atoms with Crippen LogP contribution in [0.3, 0.4) is 0 Å². The third kappa shape index (κ3) is 7.61. The number of carbonyl (C=O) groups excluding carboxylic acids is 2. The third-order valence-electron chi connectivity index (χ3n) is 14.3. The van der Waals surface area contributed by atoms with Crippen LogP contribution in [-0.4, -0.2) is 52.8 Å². The highest BCUT2D eigenvalue weighted by Gasteiger charge is 2.56. The van der Waals surface area contributed by atoms with E-state index in [1.54, 1.807) is 52.1 Å². The van der Waals surface area contributed by atoms with E-state index >= 15 is 0 Å². The minimum atomic E-state index is -1.35. The first-order valence-electron chi connectivity index (χ1n) is 21.6. The highest BCUT2D eigenvalue weighted by molar-refractivity contribution is 5.95. The molecule has 0 aliphatic heterocycles. The van der Waals surface area contributed by atoms with Gasteiger partial charge in [0.1, 0.15) is 28.9 Å². The highest BCUT2D eigenvalue weighted by atomic mass is 19.1. The summed E-state index contributed by atoms with van der Waals surface area (Å²) in [6, 6.07) is 20.0. The molecule has 2 saturated carbocycles. The molecule has 2 fully saturated rings. The van der Waals surface area contributed by atoms with Crippen molar-refractivity contribution in [2.24, 2.45) is 22.3 Å². The summed E-state index contributed by atoms with van der Waals surface area (Å²) < 4.78 is 57.4. The van der Waals surface area contributed by atoms with Crippen LogP contribution in [0.2, 0.25) is 0 Å². The molecule has 0 unspecified atom stereocenters. The van der Waals surface area contributed by atoms with Crippen LogP contribution in [0.5, 0.6) is 0 Å². The lowest BCUT2D eigenvalue weighted by atomic mass is 9.65. The van der Waals surface area contributed by atoms with Gasteiger partial charge in [-0.1, -0.05) is 42.9 Å². The van der Waals surface area contributed by atoms with Gasteiger partial charge in [0.05, 0.1) is 46.3 Å². The van der Waals surface area contributed by atoms with Gasteiger partial charge in [0.25, 0.3) is 0 Å². The van der Waals surface area contributed by atoms with Crippen molar-refractivity contribution in [1.82, 2.24) is 19.6 Å². The Morgan fingerprint density at radius 2 is 1.15 bits per heavy atom. The molecule has 2 heterocycles. The third-order valence-corrected chi connectivity index (χ3v) is 14.3. The summed E-state index contributed by atoms with van der Waals surface area (Å²) in [6.07, 6.45) is 12.1. The van der Waals surface area contributed by atoms with Gasteiger partial charge in [-0.3, -0.25) is 9.59 Å². The summed E-state index contributed by atoms with van der Waals surface area (Å²) in [5.41, 5.74) is 15.9. The van der Waals surface area contributed by atoms with Gasteiger partial charge in [0.15, 0.2) is 0 Å². The summed E-state index contributed by atoms with van der Waals surface area (Å²) >= 11 is 0. The topological polar surface area (TPSA) is 162 Å². The number of rotatable bonds is 7. The van der Waals surface area contributed by atoms with Gasteiger partial charge in [-0.15, -0.1) is 0 Å². The van der Waals surface area contributed by atoms with Crippen LogP contribution in [0.25, 0.3) is 23.5 Å². The lowest BCUT2D eigenvalue weighted by molar-refractivity contribution is -0.0461. The van der Waals surface area contributed by atoms with E-state index in [4.69, 9.17) is 11.5 Å². The van der Waals surface area contributed by atoms with E-state index in [2.05, 4.69) is 35.0 Å². The Labute approximate surface area is 378 Å². The molecule has 6 N–H and O–H groups in total. The monoisotopic (exact) mass is 894 g/mol. The van der Waals surface area contributed by atoms with Crippen LogP contribution in [0.4, 0.5) is 17.6 Å². The number of aromatic nitrogens is 4. The van der Waals surface area contributed by atoms with Crippen molar-refractivity contribution in [3.05, 3.63) is 177 Å². The van der Waals surface area contributed by atoms with Gasteiger partial charge < -0.3 is 21.7 Å². The van der Waals surface area contributed by atoms with Gasteiger partial charge in [0.2, 0.25) is 11.8 Å². The molecular formula is C52H46F4N6O4. The quantitative estimate of drug-likeness (QED) is 0.0935. The zero-order valence-corrected chi connectivity index (χ0v) is 36.2. The van der Waals surface area contributed by atoms with E-state index in [-0.39, 0.29) is 28.3 Å². The van der Waals surface area contributed by atoms with Crippen LogP contribution in [0, 0.1) is 45.9 Å². The SMILES string of the molecule is C[C@]12Cc3cnn(-c4ccc(F)cc4)c3C=C1CC[C@@]2(O)C#Cc1ccc(F)cc1C(N)=O.C[C@]12Cc3cnn(-c4ccc(F)cc4)c3C=C1CC[C@@]2(O)CCc1ccc(F)cc1C(N)=O. The molecule has 4 aromatic carbocycles. The largest absolute Gasteiger partial charge is 0.389 e.